The van der Waals surface area contributed by atoms with Gasteiger partial charge in [0, 0.05) is 58.8 Å². The molecule has 2 saturated heterocycles. The summed E-state index contributed by atoms with van der Waals surface area (Å²) in [6.07, 6.45) is -0.372. The highest BCUT2D eigenvalue weighted by atomic mass is 32.2. The number of hydrogen-bond acceptors (Lipinski definition) is 16. The number of aromatic nitrogens is 1. The van der Waals surface area contributed by atoms with Crippen molar-refractivity contribution in [3.63, 3.8) is 0 Å². The highest BCUT2D eigenvalue weighted by Gasteiger charge is 2.61. The van der Waals surface area contributed by atoms with E-state index in [2.05, 4.69) is 44.2 Å². The summed E-state index contributed by atoms with van der Waals surface area (Å²) in [7, 11) is -2.23. The van der Waals surface area contributed by atoms with Crippen LogP contribution in [0.5, 0.6) is 0 Å². The summed E-state index contributed by atoms with van der Waals surface area (Å²) < 4.78 is 12.4. The summed E-state index contributed by atoms with van der Waals surface area (Å²) in [6.45, 7) is 18.9. The van der Waals surface area contributed by atoms with Crippen molar-refractivity contribution in [1.82, 2.24) is 15.2 Å². The maximum absolute atomic E-state index is 14.0. The Bertz CT molecular complexity index is 2270. The van der Waals surface area contributed by atoms with E-state index in [1.165, 1.54) is 71.6 Å². The number of carbonyl (C=O) groups excluding carboxylic acids is 4. The average Bonchev–Trinajstić information content (AvgIpc) is 3.77. The number of fused-ring (bicyclic) bond motifs is 1. The smallest absolute Gasteiger partial charge is 0.364 e. The SMILES string of the molecule is CC(C)[C@H](NC(=O)c1csc(N2CC(SC3=C(C(=O)OCc4ccc([N+](=O)[O-])cc4)N4C(=O)[C@H]([C@@H](C)O[Si](C)(C)C(C)(C)C)[C@H]4[C@H]3C)C2)n1)C(=O)OOCc1ccc([N+](=O)[O-])cc1. The molecule has 5 atom stereocenters. The number of nitro groups is 2. The molecule has 18 nitrogen and oxygen atoms in total. The molecule has 2 amide bonds. The first kappa shape index (κ1) is 47.3. The Labute approximate surface area is 374 Å². The van der Waals surface area contributed by atoms with Crippen molar-refractivity contribution in [2.75, 3.05) is 18.0 Å². The maximum atomic E-state index is 14.0. The lowest BCUT2D eigenvalue weighted by molar-refractivity contribution is -0.385. The highest BCUT2D eigenvalue weighted by molar-refractivity contribution is 8.03. The van der Waals surface area contributed by atoms with E-state index < -0.39 is 48.0 Å². The standard InChI is InChI=1S/C42H52N6O12S2Si/c1-23(2)33(39(51)59-58-21-27-12-16-29(17-13-27)48(55)56)44-37(49)31-22-61-41(43-31)45-18-30(19-45)62-36-24(3)34-32(25(4)60-63(8,9)42(5,6)7)38(50)46(34)35(36)40(52)57-20-26-10-14-28(15-11-26)47(53)54/h10-17,22-25,30,32-34H,18-21H2,1-9H3,(H,44,49)/t24-,25-,32-,33+,34-/m1/s1. The van der Waals surface area contributed by atoms with Gasteiger partial charge in [-0.05, 0) is 66.4 Å². The van der Waals surface area contributed by atoms with E-state index in [0.717, 1.165) is 4.91 Å². The zero-order valence-corrected chi connectivity index (χ0v) is 39.2. The van der Waals surface area contributed by atoms with Crippen LogP contribution < -0.4 is 10.2 Å². The van der Waals surface area contributed by atoms with Crippen LogP contribution in [0.1, 0.15) is 70.1 Å². The van der Waals surface area contributed by atoms with Gasteiger partial charge in [0.25, 0.3) is 17.3 Å². The molecule has 21 heteroatoms. The van der Waals surface area contributed by atoms with Gasteiger partial charge in [-0.25, -0.2) is 14.6 Å². The fourth-order valence-corrected chi connectivity index (χ4v) is 11.1. The number of esters is 1. The number of carbonyl (C=O) groups is 4. The molecule has 3 aliphatic rings. The van der Waals surface area contributed by atoms with Gasteiger partial charge in [0.15, 0.2) is 13.4 Å². The van der Waals surface area contributed by atoms with Crippen molar-refractivity contribution >= 4 is 71.7 Å². The third-order valence-electron chi connectivity index (χ3n) is 11.9. The Kier molecular flexibility index (Phi) is 14.1. The van der Waals surface area contributed by atoms with E-state index >= 15 is 0 Å². The van der Waals surface area contributed by atoms with Crippen molar-refractivity contribution in [3.8, 4) is 0 Å². The number of amides is 2. The molecule has 1 aromatic heterocycles. The van der Waals surface area contributed by atoms with Crippen molar-refractivity contribution in [1.29, 1.82) is 0 Å². The van der Waals surface area contributed by atoms with E-state index in [1.54, 1.807) is 24.1 Å². The third kappa shape index (κ3) is 10.3. The number of hydrogen-bond donors (Lipinski definition) is 1. The van der Waals surface area contributed by atoms with E-state index in [-0.39, 0.29) is 76.2 Å². The lowest BCUT2D eigenvalue weighted by atomic mass is 9.79. The Morgan fingerprint density at radius 2 is 1.54 bits per heavy atom. The molecule has 3 aromatic rings. The lowest BCUT2D eigenvalue weighted by Crippen LogP contribution is -2.65. The number of anilines is 1. The zero-order valence-electron chi connectivity index (χ0n) is 36.5. The van der Waals surface area contributed by atoms with Gasteiger partial charge in [-0.3, -0.25) is 34.7 Å². The number of thioether (sulfide) groups is 1. The number of benzene rings is 2. The summed E-state index contributed by atoms with van der Waals surface area (Å²) in [5, 5.41) is 26.9. The molecule has 2 fully saturated rings. The number of nitrogens with one attached hydrogen (secondary N) is 1. The molecule has 0 bridgehead atoms. The first-order valence-corrected chi connectivity index (χ1v) is 25.1. The molecule has 0 radical (unpaired) electrons. The first-order chi connectivity index (χ1) is 29.6. The number of nitro benzene ring substituents is 2. The van der Waals surface area contributed by atoms with E-state index in [1.807, 2.05) is 18.7 Å². The van der Waals surface area contributed by atoms with Crippen LogP contribution in [-0.4, -0.2) is 88.3 Å². The number of rotatable bonds is 18. The number of thiazole rings is 1. The summed E-state index contributed by atoms with van der Waals surface area (Å²) in [6, 6.07) is 9.96. The predicted molar refractivity (Wildman–Crippen MR) is 237 cm³/mol. The first-order valence-electron chi connectivity index (χ1n) is 20.5. The van der Waals surface area contributed by atoms with Gasteiger partial charge in [0.2, 0.25) is 5.91 Å². The summed E-state index contributed by atoms with van der Waals surface area (Å²) >= 11 is 2.80. The number of β-lactam (4-membered cyclic amide) rings is 1. The normalized spacial score (nSPS) is 19.8. The molecule has 0 saturated carbocycles. The third-order valence-corrected chi connectivity index (χ3v) is 18.9. The van der Waals surface area contributed by atoms with Gasteiger partial charge >= 0.3 is 11.9 Å². The second kappa shape index (κ2) is 18.9. The largest absolute Gasteiger partial charge is 0.456 e. The van der Waals surface area contributed by atoms with Gasteiger partial charge in [0.1, 0.15) is 30.6 Å². The predicted octanol–water partition coefficient (Wildman–Crippen LogP) is 7.15. The fraction of sp³-hybridized carbons (Fsp3) is 0.500. The quantitative estimate of drug-likeness (QED) is 0.0334. The van der Waals surface area contributed by atoms with Crippen LogP contribution in [0.4, 0.5) is 16.5 Å². The Morgan fingerprint density at radius 3 is 2.08 bits per heavy atom. The van der Waals surface area contributed by atoms with Crippen molar-refractivity contribution < 1.29 is 48.0 Å². The lowest BCUT2D eigenvalue weighted by Gasteiger charge is -2.50. The van der Waals surface area contributed by atoms with Crippen LogP contribution >= 0.6 is 23.1 Å². The minimum absolute atomic E-state index is 0.0142. The van der Waals surface area contributed by atoms with E-state index in [9.17, 15) is 39.4 Å². The molecule has 4 heterocycles. The van der Waals surface area contributed by atoms with E-state index in [4.69, 9.17) is 18.9 Å². The second-order valence-corrected chi connectivity index (χ2v) is 24.7. The minimum Gasteiger partial charge on any atom is -0.456 e. The van der Waals surface area contributed by atoms with Crippen molar-refractivity contribution in [3.05, 3.63) is 102 Å². The van der Waals surface area contributed by atoms with E-state index in [0.29, 0.717) is 29.3 Å². The summed E-state index contributed by atoms with van der Waals surface area (Å²) in [5.41, 5.74) is 1.26. The maximum Gasteiger partial charge on any atom is 0.364 e. The minimum atomic E-state index is -2.23. The number of non-ortho nitro benzene ring substituents is 2. The Balaban J connectivity index is 1.09. The Hall–Kier alpha value is -5.22. The monoisotopic (exact) mass is 924 g/mol. The van der Waals surface area contributed by atoms with Crippen LogP contribution in [-0.2, 0) is 46.5 Å². The molecular weight excluding hydrogens is 873 g/mol. The number of ether oxygens (including phenoxy) is 1. The topological polar surface area (TPSA) is 223 Å². The highest BCUT2D eigenvalue weighted by Crippen LogP contribution is 2.53. The Morgan fingerprint density at radius 1 is 0.968 bits per heavy atom. The molecule has 63 heavy (non-hydrogen) atoms. The second-order valence-electron chi connectivity index (χ2n) is 17.8. The van der Waals surface area contributed by atoms with Crippen LogP contribution in [0.25, 0.3) is 0 Å². The summed E-state index contributed by atoms with van der Waals surface area (Å²) in [4.78, 5) is 94.0. The van der Waals surface area contributed by atoms with Gasteiger partial charge in [0.05, 0.1) is 27.9 Å². The summed E-state index contributed by atoms with van der Waals surface area (Å²) in [5.74, 6) is -3.25. The van der Waals surface area contributed by atoms with Gasteiger partial charge in [-0.1, -0.05) is 41.5 Å². The van der Waals surface area contributed by atoms with Crippen LogP contribution in [0.15, 0.2) is 64.5 Å². The molecule has 0 spiro atoms. The van der Waals surface area contributed by atoms with Crippen LogP contribution in [0.2, 0.25) is 18.1 Å². The average molecular weight is 925 g/mol. The molecule has 1 N–H and O–H groups in total. The van der Waals surface area contributed by atoms with Gasteiger partial charge in [-0.2, -0.15) is 4.89 Å². The van der Waals surface area contributed by atoms with Crippen molar-refractivity contribution in [2.24, 2.45) is 17.8 Å². The molecule has 3 aliphatic heterocycles. The molecule has 6 rings (SSSR count). The molecule has 2 aromatic carbocycles. The van der Waals surface area contributed by atoms with Gasteiger partial charge < -0.3 is 24.3 Å². The molecule has 338 valence electrons. The van der Waals surface area contributed by atoms with Crippen molar-refractivity contribution in [2.45, 2.75) is 103 Å². The van der Waals surface area contributed by atoms with Gasteiger partial charge in [-0.15, -0.1) is 23.1 Å². The number of nitrogens with zero attached hydrogens (tertiary/aromatic N) is 5. The fourth-order valence-electron chi connectivity index (χ4n) is 7.30. The van der Waals surface area contributed by atoms with Crippen LogP contribution in [0, 0.1) is 38.0 Å². The molecular formula is C42H52N6O12S2Si. The van der Waals surface area contributed by atoms with Crippen LogP contribution in [0.3, 0.4) is 0 Å². The molecule has 0 aliphatic carbocycles. The molecule has 0 unspecified atom stereocenters. The zero-order chi connectivity index (χ0) is 46.1.